The van der Waals surface area contributed by atoms with Crippen LogP contribution in [0, 0.1) is 11.7 Å². The van der Waals surface area contributed by atoms with Crippen molar-refractivity contribution in [2.45, 2.75) is 31.9 Å². The van der Waals surface area contributed by atoms with Gasteiger partial charge in [-0.2, -0.15) is 0 Å². The summed E-state index contributed by atoms with van der Waals surface area (Å²) in [5, 5.41) is 0. The first-order valence-corrected chi connectivity index (χ1v) is 6.91. The van der Waals surface area contributed by atoms with Crippen LogP contribution in [0.5, 0.6) is 11.5 Å². The van der Waals surface area contributed by atoms with Gasteiger partial charge in [0.05, 0.1) is 20.3 Å². The molecule has 1 aromatic rings. The van der Waals surface area contributed by atoms with Crippen LogP contribution in [0.4, 0.5) is 4.39 Å². The summed E-state index contributed by atoms with van der Waals surface area (Å²) in [4.78, 5) is 0. The van der Waals surface area contributed by atoms with Crippen molar-refractivity contribution >= 4 is 0 Å². The van der Waals surface area contributed by atoms with Crippen molar-refractivity contribution in [2.75, 3.05) is 20.8 Å². The molecule has 1 saturated heterocycles. The second kappa shape index (κ2) is 6.41. The van der Waals surface area contributed by atoms with Crippen LogP contribution in [0.15, 0.2) is 12.1 Å². The maximum atomic E-state index is 14.2. The summed E-state index contributed by atoms with van der Waals surface area (Å²) < 4.78 is 30.2. The number of hydrogen-bond donors (Lipinski definition) is 1. The second-order valence-electron chi connectivity index (χ2n) is 5.02. The van der Waals surface area contributed by atoms with Crippen molar-refractivity contribution in [2.24, 2.45) is 11.7 Å². The van der Waals surface area contributed by atoms with E-state index < -0.39 is 6.04 Å². The molecule has 112 valence electrons. The molecular weight excluding hydrogens is 261 g/mol. The number of ether oxygens (including phenoxy) is 3. The quantitative estimate of drug-likeness (QED) is 0.902. The molecule has 0 aromatic heterocycles. The summed E-state index contributed by atoms with van der Waals surface area (Å²) in [5.41, 5.74) is 6.72. The first-order chi connectivity index (χ1) is 9.62. The molecule has 2 N–H and O–H groups in total. The summed E-state index contributed by atoms with van der Waals surface area (Å²) >= 11 is 0. The number of hydrogen-bond acceptors (Lipinski definition) is 4. The van der Waals surface area contributed by atoms with E-state index in [0.29, 0.717) is 23.7 Å². The lowest BCUT2D eigenvalue weighted by Gasteiger charge is -2.25. The van der Waals surface area contributed by atoms with Gasteiger partial charge in [0.2, 0.25) is 0 Å². The van der Waals surface area contributed by atoms with E-state index in [1.54, 1.807) is 6.07 Å². The molecule has 0 amide bonds. The fourth-order valence-electron chi connectivity index (χ4n) is 2.85. The summed E-state index contributed by atoms with van der Waals surface area (Å²) in [6, 6.07) is 2.55. The minimum Gasteiger partial charge on any atom is -0.493 e. The fraction of sp³-hybridized carbons (Fsp3) is 0.600. The topological polar surface area (TPSA) is 53.7 Å². The Morgan fingerprint density at radius 1 is 1.35 bits per heavy atom. The average molecular weight is 283 g/mol. The maximum Gasteiger partial charge on any atom is 0.163 e. The van der Waals surface area contributed by atoms with Crippen molar-refractivity contribution in [3.8, 4) is 11.5 Å². The molecule has 1 aromatic carbocycles. The van der Waals surface area contributed by atoms with Crippen molar-refractivity contribution in [3.63, 3.8) is 0 Å². The summed E-state index contributed by atoms with van der Waals surface area (Å²) in [6.45, 7) is 2.74. The molecule has 0 aliphatic carbocycles. The lowest BCUT2D eigenvalue weighted by molar-refractivity contribution is 0.0810. The Bertz CT molecular complexity index is 467. The average Bonchev–Trinajstić information content (AvgIpc) is 2.94. The highest BCUT2D eigenvalue weighted by Crippen LogP contribution is 2.38. The minimum atomic E-state index is -0.401. The molecule has 1 heterocycles. The zero-order valence-electron chi connectivity index (χ0n) is 12.2. The Morgan fingerprint density at radius 2 is 2.00 bits per heavy atom. The lowest BCUT2D eigenvalue weighted by atomic mass is 9.87. The minimum absolute atomic E-state index is 0.0949. The normalized spacial score (nSPS) is 23.6. The fourth-order valence-corrected chi connectivity index (χ4v) is 2.85. The van der Waals surface area contributed by atoms with Crippen LogP contribution in [-0.2, 0) is 4.74 Å². The standard InChI is InChI=1S/C15H22FNO3/c1-4-12-9(5-6-20-12)15(17)10-7-13(18-2)14(19-3)8-11(10)16/h7-9,12,15H,4-6,17H2,1-3H3. The SMILES string of the molecule is CCC1OCCC1C(N)c1cc(OC)c(OC)cc1F. The van der Waals surface area contributed by atoms with E-state index in [-0.39, 0.29) is 17.8 Å². The van der Waals surface area contributed by atoms with Gasteiger partial charge >= 0.3 is 0 Å². The third-order valence-corrected chi connectivity index (χ3v) is 3.99. The van der Waals surface area contributed by atoms with Crippen LogP contribution in [0.1, 0.15) is 31.4 Å². The zero-order valence-corrected chi connectivity index (χ0v) is 12.2. The molecule has 0 saturated carbocycles. The molecule has 4 nitrogen and oxygen atoms in total. The monoisotopic (exact) mass is 283 g/mol. The highest BCUT2D eigenvalue weighted by molar-refractivity contribution is 5.44. The molecule has 20 heavy (non-hydrogen) atoms. The molecule has 5 heteroatoms. The van der Waals surface area contributed by atoms with Crippen molar-refractivity contribution < 1.29 is 18.6 Å². The van der Waals surface area contributed by atoms with E-state index in [1.165, 1.54) is 20.3 Å². The van der Waals surface area contributed by atoms with E-state index in [4.69, 9.17) is 19.9 Å². The molecule has 0 spiro atoms. The molecule has 2 rings (SSSR count). The van der Waals surface area contributed by atoms with Gasteiger partial charge in [-0.15, -0.1) is 0 Å². The molecule has 1 aliphatic rings. The largest absolute Gasteiger partial charge is 0.493 e. The van der Waals surface area contributed by atoms with Gasteiger partial charge in [-0.05, 0) is 18.9 Å². The molecular formula is C15H22FNO3. The van der Waals surface area contributed by atoms with Crippen LogP contribution in [0.25, 0.3) is 0 Å². The van der Waals surface area contributed by atoms with E-state index in [1.807, 2.05) is 0 Å². The van der Waals surface area contributed by atoms with Gasteiger partial charge in [0.1, 0.15) is 5.82 Å². The Hall–Kier alpha value is -1.33. The number of benzene rings is 1. The smallest absolute Gasteiger partial charge is 0.163 e. The van der Waals surface area contributed by atoms with E-state index in [9.17, 15) is 4.39 Å². The van der Waals surface area contributed by atoms with Gasteiger partial charge in [-0.3, -0.25) is 0 Å². The van der Waals surface area contributed by atoms with Crippen LogP contribution in [0.2, 0.25) is 0 Å². The summed E-state index contributed by atoms with van der Waals surface area (Å²) in [5.74, 6) is 0.631. The van der Waals surface area contributed by atoms with E-state index >= 15 is 0 Å². The summed E-state index contributed by atoms with van der Waals surface area (Å²) in [6.07, 6.45) is 1.83. The third-order valence-electron chi connectivity index (χ3n) is 3.99. The van der Waals surface area contributed by atoms with Gasteiger partial charge in [0, 0.05) is 30.2 Å². The molecule has 3 unspecified atom stereocenters. The van der Waals surface area contributed by atoms with Gasteiger partial charge in [0.15, 0.2) is 11.5 Å². The summed E-state index contributed by atoms with van der Waals surface area (Å²) in [7, 11) is 3.01. The number of methoxy groups -OCH3 is 2. The predicted octanol–water partition coefficient (Wildman–Crippen LogP) is 2.66. The first kappa shape index (κ1) is 15.1. The van der Waals surface area contributed by atoms with Crippen LogP contribution < -0.4 is 15.2 Å². The maximum absolute atomic E-state index is 14.2. The van der Waals surface area contributed by atoms with Gasteiger partial charge in [-0.1, -0.05) is 6.92 Å². The van der Waals surface area contributed by atoms with Gasteiger partial charge < -0.3 is 19.9 Å². The predicted molar refractivity (Wildman–Crippen MR) is 74.6 cm³/mol. The second-order valence-corrected chi connectivity index (χ2v) is 5.02. The van der Waals surface area contributed by atoms with Crippen molar-refractivity contribution in [3.05, 3.63) is 23.5 Å². The molecule has 0 bridgehead atoms. The van der Waals surface area contributed by atoms with E-state index in [0.717, 1.165) is 12.8 Å². The lowest BCUT2D eigenvalue weighted by Crippen LogP contribution is -2.28. The number of rotatable bonds is 5. The van der Waals surface area contributed by atoms with Crippen LogP contribution in [-0.4, -0.2) is 26.9 Å². The van der Waals surface area contributed by atoms with Gasteiger partial charge in [0.25, 0.3) is 0 Å². The number of halogens is 1. The third kappa shape index (κ3) is 2.74. The molecule has 1 fully saturated rings. The molecule has 1 aliphatic heterocycles. The first-order valence-electron chi connectivity index (χ1n) is 6.91. The Balaban J connectivity index is 2.31. The van der Waals surface area contributed by atoms with E-state index in [2.05, 4.69) is 6.92 Å². The van der Waals surface area contributed by atoms with Crippen LogP contribution >= 0.6 is 0 Å². The van der Waals surface area contributed by atoms with Crippen molar-refractivity contribution in [1.82, 2.24) is 0 Å². The molecule has 3 atom stereocenters. The Kier molecular flexibility index (Phi) is 4.83. The van der Waals surface area contributed by atoms with Crippen LogP contribution in [0.3, 0.4) is 0 Å². The van der Waals surface area contributed by atoms with Crippen molar-refractivity contribution in [1.29, 1.82) is 0 Å². The highest BCUT2D eigenvalue weighted by Gasteiger charge is 2.34. The Morgan fingerprint density at radius 3 is 2.60 bits per heavy atom. The Labute approximate surface area is 119 Å². The number of nitrogens with two attached hydrogens (primary N) is 1. The molecule has 0 radical (unpaired) electrons. The zero-order chi connectivity index (χ0) is 14.7. The highest BCUT2D eigenvalue weighted by atomic mass is 19.1. The van der Waals surface area contributed by atoms with Gasteiger partial charge in [-0.25, -0.2) is 4.39 Å².